The molecule has 0 N–H and O–H groups in total. The molecule has 0 fully saturated rings. The van der Waals surface area contributed by atoms with Crippen LogP contribution in [0.1, 0.15) is 36.3 Å². The van der Waals surface area contributed by atoms with E-state index in [9.17, 15) is 5.26 Å². The lowest BCUT2D eigenvalue weighted by Crippen LogP contribution is -2.10. The van der Waals surface area contributed by atoms with Crippen LogP contribution in [0.2, 0.25) is 0 Å². The van der Waals surface area contributed by atoms with Gasteiger partial charge in [0.1, 0.15) is 17.2 Å². The van der Waals surface area contributed by atoms with Crippen molar-refractivity contribution in [1.82, 2.24) is 28.7 Å². The topological polar surface area (TPSA) is 90.4 Å². The minimum atomic E-state index is 0.526. The Morgan fingerprint density at radius 1 is 0.552 bits per heavy atom. The van der Waals surface area contributed by atoms with Crippen molar-refractivity contribution in [2.75, 3.05) is 0 Å². The average Bonchev–Trinajstić information content (AvgIpc) is 4.07. The lowest BCUT2D eigenvalue weighted by molar-refractivity contribution is 0.669. The van der Waals surface area contributed by atoms with Gasteiger partial charge in [-0.25, -0.2) is 4.98 Å². The van der Waals surface area contributed by atoms with Gasteiger partial charge in [-0.05, 0) is 85.2 Å². The van der Waals surface area contributed by atoms with E-state index in [4.69, 9.17) is 19.4 Å². The van der Waals surface area contributed by atoms with Gasteiger partial charge in [-0.2, -0.15) is 15.2 Å². The zero-order chi connectivity index (χ0) is 44.2. The second-order valence-corrected chi connectivity index (χ2v) is 17.1. The van der Waals surface area contributed by atoms with Gasteiger partial charge < -0.3 is 13.6 Å². The van der Waals surface area contributed by atoms with Gasteiger partial charge in [0.25, 0.3) is 0 Å². The SMILES string of the molecule is N#CC1=C(n2c3ccccc3c3ccc4oc5ccc6c(c7c(n6-c6ccccc6)C=CCC#C7)c5c4c32)CCC(c2nc(-c3ccccc3)nc(-n3c4ccccc4c4ccccc43)n2)=C1. The van der Waals surface area contributed by atoms with Gasteiger partial charge in [0, 0.05) is 55.7 Å². The van der Waals surface area contributed by atoms with Crippen LogP contribution in [0.3, 0.4) is 0 Å². The summed E-state index contributed by atoms with van der Waals surface area (Å²) in [4.78, 5) is 15.5. The number of fused-ring (bicyclic) bond motifs is 14. The highest BCUT2D eigenvalue weighted by Crippen LogP contribution is 2.47. The molecule has 0 saturated heterocycles. The van der Waals surface area contributed by atoms with Gasteiger partial charge in [-0.1, -0.05) is 121 Å². The maximum atomic E-state index is 11.2. The fourth-order valence-electron chi connectivity index (χ4n) is 10.7. The van der Waals surface area contributed by atoms with Crippen LogP contribution in [-0.2, 0) is 0 Å². The monoisotopic (exact) mass is 857 g/mol. The standard InChI is InChI=1S/C59H35N7O/c60-35-38-34-37(58-61-57(36-16-4-1-5-17-36)62-59(63-58)66-47-26-14-10-20-40(47)41-21-11-15-27-48(41)66)28-30-45(38)65-46-25-13-12-22-42(46)43-29-32-52-55(56(43)65)54-51(67-52)33-31-50-53(54)44-23-8-3-9-24-49(44)64(50)39-18-6-2-7-19-39/h1-2,4-7,9-22,24-27,29,31-34H,3,28,30H2. The van der Waals surface area contributed by atoms with E-state index in [1.807, 2.05) is 54.6 Å². The summed E-state index contributed by atoms with van der Waals surface area (Å²) in [5, 5.41) is 18.7. The van der Waals surface area contributed by atoms with Crippen molar-refractivity contribution >= 4 is 93.8 Å². The lowest BCUT2D eigenvalue weighted by Gasteiger charge is -2.20. The molecule has 0 aliphatic heterocycles. The van der Waals surface area contributed by atoms with Crippen LogP contribution in [0.4, 0.5) is 0 Å². The van der Waals surface area contributed by atoms with Crippen LogP contribution in [-0.4, -0.2) is 28.7 Å². The molecule has 0 amide bonds. The third kappa shape index (κ3) is 5.45. The summed E-state index contributed by atoms with van der Waals surface area (Å²) in [6.45, 7) is 0. The van der Waals surface area contributed by atoms with Crippen LogP contribution in [0, 0.1) is 23.2 Å². The number of nitrogens with zero attached hydrogens (tertiary/aromatic N) is 7. The van der Waals surface area contributed by atoms with Crippen molar-refractivity contribution in [1.29, 1.82) is 5.26 Å². The summed E-state index contributed by atoms with van der Waals surface area (Å²) < 4.78 is 13.6. The Hall–Kier alpha value is -9.24. The molecule has 0 radical (unpaired) electrons. The zero-order valence-electron chi connectivity index (χ0n) is 35.9. The molecule has 5 aromatic heterocycles. The summed E-state index contributed by atoms with van der Waals surface area (Å²) >= 11 is 0. The fraction of sp³-hybridized carbons (Fsp3) is 0.0508. The molecule has 0 bridgehead atoms. The Morgan fingerprint density at radius 2 is 1.19 bits per heavy atom. The van der Waals surface area contributed by atoms with Gasteiger partial charge in [0.15, 0.2) is 11.6 Å². The molecule has 2 aliphatic rings. The first-order valence-electron chi connectivity index (χ1n) is 22.5. The lowest BCUT2D eigenvalue weighted by atomic mass is 9.95. The van der Waals surface area contributed by atoms with E-state index in [1.54, 1.807) is 0 Å². The molecule has 0 spiro atoms. The molecule has 312 valence electrons. The van der Waals surface area contributed by atoms with E-state index in [-0.39, 0.29) is 0 Å². The molecule has 12 aromatic rings. The number of furan rings is 1. The van der Waals surface area contributed by atoms with Crippen LogP contribution in [0.15, 0.2) is 180 Å². The second kappa shape index (κ2) is 14.4. The number of hydrogen-bond donors (Lipinski definition) is 0. The smallest absolute Gasteiger partial charge is 0.238 e. The van der Waals surface area contributed by atoms with Crippen molar-refractivity contribution < 1.29 is 4.42 Å². The Labute approximate surface area is 383 Å². The molecule has 67 heavy (non-hydrogen) atoms. The van der Waals surface area contributed by atoms with Gasteiger partial charge in [-0.3, -0.25) is 4.57 Å². The molecular weight excluding hydrogens is 823 g/mol. The largest absolute Gasteiger partial charge is 0.456 e. The van der Waals surface area contributed by atoms with E-state index < -0.39 is 0 Å². The molecule has 2 aliphatic carbocycles. The molecule has 0 saturated carbocycles. The number of nitriles is 1. The quantitative estimate of drug-likeness (QED) is 0.161. The minimum absolute atomic E-state index is 0.526. The van der Waals surface area contributed by atoms with Gasteiger partial charge >= 0.3 is 0 Å². The van der Waals surface area contributed by atoms with Gasteiger partial charge in [0.05, 0.1) is 49.8 Å². The predicted molar refractivity (Wildman–Crippen MR) is 270 cm³/mol. The summed E-state index contributed by atoms with van der Waals surface area (Å²) in [5.74, 6) is 8.62. The van der Waals surface area contributed by atoms with Gasteiger partial charge in [-0.15, -0.1) is 0 Å². The predicted octanol–water partition coefficient (Wildman–Crippen LogP) is 14.0. The second-order valence-electron chi connectivity index (χ2n) is 17.1. The highest BCUT2D eigenvalue weighted by Gasteiger charge is 2.28. The van der Waals surface area contributed by atoms with Crippen molar-refractivity contribution in [3.63, 3.8) is 0 Å². The van der Waals surface area contributed by atoms with Crippen LogP contribution >= 0.6 is 0 Å². The Kier molecular flexibility index (Phi) is 7.98. The maximum Gasteiger partial charge on any atom is 0.238 e. The molecule has 8 heteroatoms. The normalized spacial score (nSPS) is 13.7. The number of allylic oxidation sites excluding steroid dienone is 5. The number of para-hydroxylation sites is 4. The molecule has 0 unspecified atom stereocenters. The third-order valence-corrected chi connectivity index (χ3v) is 13.5. The summed E-state index contributed by atoms with van der Waals surface area (Å²) in [5.41, 5.74) is 13.0. The Bertz CT molecular complexity index is 4260. The first-order valence-corrected chi connectivity index (χ1v) is 22.5. The third-order valence-electron chi connectivity index (χ3n) is 13.5. The minimum Gasteiger partial charge on any atom is -0.456 e. The van der Waals surface area contributed by atoms with Crippen LogP contribution in [0.25, 0.3) is 117 Å². The van der Waals surface area contributed by atoms with Crippen molar-refractivity contribution in [3.05, 3.63) is 193 Å². The molecule has 7 aromatic carbocycles. The first-order chi connectivity index (χ1) is 33.2. The molecular formula is C59H35N7O. The Balaban J connectivity index is 1.03. The van der Waals surface area contributed by atoms with Gasteiger partial charge in [0.2, 0.25) is 5.95 Å². The van der Waals surface area contributed by atoms with Crippen LogP contribution < -0.4 is 0 Å². The highest BCUT2D eigenvalue weighted by molar-refractivity contribution is 6.30. The maximum absolute atomic E-state index is 11.2. The number of rotatable bonds is 5. The summed E-state index contributed by atoms with van der Waals surface area (Å²) in [6.07, 6.45) is 8.16. The summed E-state index contributed by atoms with van der Waals surface area (Å²) in [6, 6.07) is 56.9. The number of hydrogen-bond acceptors (Lipinski definition) is 5. The van der Waals surface area contributed by atoms with Crippen molar-refractivity contribution in [3.8, 4) is 40.9 Å². The first kappa shape index (κ1) is 37.2. The zero-order valence-corrected chi connectivity index (χ0v) is 35.9. The van der Waals surface area contributed by atoms with E-state index >= 15 is 0 Å². The van der Waals surface area contributed by atoms with E-state index in [2.05, 4.69) is 153 Å². The van der Waals surface area contributed by atoms with E-state index in [0.29, 0.717) is 42.4 Å². The number of aromatic nitrogens is 6. The molecule has 5 heterocycles. The highest BCUT2D eigenvalue weighted by atomic mass is 16.3. The average molecular weight is 858 g/mol. The van der Waals surface area contributed by atoms with Crippen LogP contribution in [0.5, 0.6) is 0 Å². The summed E-state index contributed by atoms with van der Waals surface area (Å²) in [7, 11) is 0. The molecule has 8 nitrogen and oxygen atoms in total. The van der Waals surface area contributed by atoms with E-state index in [1.165, 1.54) is 0 Å². The molecule has 0 atom stereocenters. The van der Waals surface area contributed by atoms with E-state index in [0.717, 1.165) is 110 Å². The number of benzene rings is 7. The molecule has 14 rings (SSSR count). The van der Waals surface area contributed by atoms with Crippen molar-refractivity contribution in [2.45, 2.75) is 19.3 Å². The fourth-order valence-corrected chi connectivity index (χ4v) is 10.7. The van der Waals surface area contributed by atoms with Crippen molar-refractivity contribution in [2.24, 2.45) is 0 Å². The Morgan fingerprint density at radius 3 is 1.94 bits per heavy atom.